The molecule has 0 aliphatic heterocycles. The van der Waals surface area contributed by atoms with Gasteiger partial charge in [0.15, 0.2) is 0 Å². The van der Waals surface area contributed by atoms with E-state index in [9.17, 15) is 23.3 Å². The lowest BCUT2D eigenvalue weighted by atomic mass is 10.1. The number of rotatable bonds is 8. The van der Waals surface area contributed by atoms with Gasteiger partial charge in [-0.2, -0.15) is 0 Å². The fraction of sp³-hybridized carbons (Fsp3) is 0.316. The molecule has 1 atom stereocenters. The summed E-state index contributed by atoms with van der Waals surface area (Å²) in [5.41, 5.74) is 1.15. The van der Waals surface area contributed by atoms with Crippen molar-refractivity contribution >= 4 is 33.0 Å². The first kappa shape index (κ1) is 22.2. The van der Waals surface area contributed by atoms with Crippen LogP contribution >= 0.6 is 0 Å². The Morgan fingerprint density at radius 1 is 1.24 bits per heavy atom. The highest BCUT2D eigenvalue weighted by molar-refractivity contribution is 7.92. The smallest absolute Gasteiger partial charge is 0.271 e. The molecule has 9 nitrogen and oxygen atoms in total. The second kappa shape index (κ2) is 8.91. The summed E-state index contributed by atoms with van der Waals surface area (Å²) < 4.78 is 31.1. The number of nitrogens with zero attached hydrogens (tertiary/aromatic N) is 2. The normalized spacial score (nSPS) is 12.1. The van der Waals surface area contributed by atoms with Gasteiger partial charge in [0.1, 0.15) is 11.8 Å². The van der Waals surface area contributed by atoms with Gasteiger partial charge in [-0.3, -0.25) is 19.2 Å². The number of carbonyl (C=O) groups is 1. The number of nitro groups is 1. The Bertz CT molecular complexity index is 1010. The predicted octanol–water partition coefficient (Wildman–Crippen LogP) is 3.10. The molecule has 1 N–H and O–H groups in total. The molecule has 29 heavy (non-hydrogen) atoms. The van der Waals surface area contributed by atoms with E-state index in [0.29, 0.717) is 5.69 Å². The predicted molar refractivity (Wildman–Crippen MR) is 111 cm³/mol. The maximum atomic E-state index is 13.0. The van der Waals surface area contributed by atoms with Crippen molar-refractivity contribution in [2.75, 3.05) is 23.0 Å². The largest absolute Gasteiger partial charge is 0.495 e. The zero-order chi connectivity index (χ0) is 21.8. The summed E-state index contributed by atoms with van der Waals surface area (Å²) >= 11 is 0. The average Bonchev–Trinajstić information content (AvgIpc) is 2.65. The van der Waals surface area contributed by atoms with Crippen LogP contribution in [0.5, 0.6) is 5.75 Å². The molecule has 2 rings (SSSR count). The van der Waals surface area contributed by atoms with Crippen LogP contribution in [0.1, 0.15) is 18.9 Å². The molecule has 0 unspecified atom stereocenters. The Kier molecular flexibility index (Phi) is 6.80. The standard InChI is InChI=1S/C19H23N3O6S/c1-5-17(21(29(4,26)27)14-8-6-13(2)7-9-14)19(23)20-16-12-15(22(24)25)10-11-18(16)28-3/h6-12,17H,5H2,1-4H3,(H,20,23)/t17-/m1/s1. The molecular weight excluding hydrogens is 398 g/mol. The molecule has 156 valence electrons. The highest BCUT2D eigenvalue weighted by Crippen LogP contribution is 2.30. The zero-order valence-corrected chi connectivity index (χ0v) is 17.4. The Hall–Kier alpha value is -3.14. The van der Waals surface area contributed by atoms with E-state index in [-0.39, 0.29) is 23.5 Å². The van der Waals surface area contributed by atoms with E-state index >= 15 is 0 Å². The van der Waals surface area contributed by atoms with E-state index in [1.807, 2.05) is 6.92 Å². The van der Waals surface area contributed by atoms with Crippen molar-refractivity contribution in [1.82, 2.24) is 0 Å². The molecule has 2 aromatic carbocycles. The number of non-ortho nitro benzene ring substituents is 1. The van der Waals surface area contributed by atoms with Crippen LogP contribution in [-0.4, -0.2) is 38.7 Å². The van der Waals surface area contributed by atoms with Gasteiger partial charge in [-0.25, -0.2) is 8.42 Å². The molecule has 1 amide bonds. The summed E-state index contributed by atoms with van der Waals surface area (Å²) in [6, 6.07) is 9.48. The highest BCUT2D eigenvalue weighted by Gasteiger charge is 2.32. The van der Waals surface area contributed by atoms with Crippen molar-refractivity contribution in [3.05, 3.63) is 58.1 Å². The van der Waals surface area contributed by atoms with Gasteiger partial charge in [-0.15, -0.1) is 0 Å². The number of amides is 1. The lowest BCUT2D eigenvalue weighted by Gasteiger charge is -2.30. The number of nitro benzene ring substituents is 1. The highest BCUT2D eigenvalue weighted by atomic mass is 32.2. The summed E-state index contributed by atoms with van der Waals surface area (Å²) in [6.45, 7) is 3.55. The average molecular weight is 421 g/mol. The minimum absolute atomic E-state index is 0.0857. The number of hydrogen-bond donors (Lipinski definition) is 1. The molecule has 10 heteroatoms. The summed E-state index contributed by atoms with van der Waals surface area (Å²) in [6.07, 6.45) is 1.21. The molecule has 0 bridgehead atoms. The van der Waals surface area contributed by atoms with Gasteiger partial charge in [0.2, 0.25) is 15.9 Å². The number of sulfonamides is 1. The van der Waals surface area contributed by atoms with Crippen LogP contribution < -0.4 is 14.4 Å². The third-order valence-corrected chi connectivity index (χ3v) is 5.45. The van der Waals surface area contributed by atoms with E-state index in [1.165, 1.54) is 25.3 Å². The van der Waals surface area contributed by atoms with Gasteiger partial charge in [0.25, 0.3) is 5.69 Å². The monoisotopic (exact) mass is 421 g/mol. The van der Waals surface area contributed by atoms with Crippen LogP contribution in [0.15, 0.2) is 42.5 Å². The molecule has 0 heterocycles. The minimum atomic E-state index is -3.78. The fourth-order valence-corrected chi connectivity index (χ4v) is 4.09. The van der Waals surface area contributed by atoms with Crippen LogP contribution in [0.3, 0.4) is 0 Å². The van der Waals surface area contributed by atoms with Gasteiger partial charge >= 0.3 is 0 Å². The third-order valence-electron chi connectivity index (χ3n) is 4.27. The van der Waals surface area contributed by atoms with E-state index in [1.54, 1.807) is 31.2 Å². The number of hydrogen-bond acceptors (Lipinski definition) is 6. The van der Waals surface area contributed by atoms with Crippen molar-refractivity contribution in [3.63, 3.8) is 0 Å². The molecule has 0 aromatic heterocycles. The topological polar surface area (TPSA) is 119 Å². The molecular formula is C19H23N3O6S. The Morgan fingerprint density at radius 3 is 2.34 bits per heavy atom. The number of anilines is 2. The molecule has 2 aromatic rings. The van der Waals surface area contributed by atoms with Crippen LogP contribution in [-0.2, 0) is 14.8 Å². The molecule has 0 aliphatic rings. The fourth-order valence-electron chi connectivity index (χ4n) is 2.88. The lowest BCUT2D eigenvalue weighted by molar-refractivity contribution is -0.384. The van der Waals surface area contributed by atoms with Crippen molar-refractivity contribution in [2.24, 2.45) is 0 Å². The van der Waals surface area contributed by atoms with Crippen molar-refractivity contribution in [1.29, 1.82) is 0 Å². The number of methoxy groups -OCH3 is 1. The molecule has 0 saturated carbocycles. The van der Waals surface area contributed by atoms with Gasteiger partial charge < -0.3 is 10.1 Å². The SMILES string of the molecule is CC[C@H](C(=O)Nc1cc([N+](=O)[O-])ccc1OC)N(c1ccc(C)cc1)S(C)(=O)=O. The second-order valence-electron chi connectivity index (χ2n) is 6.45. The van der Waals surface area contributed by atoms with Gasteiger partial charge in [-0.1, -0.05) is 24.6 Å². The first-order chi connectivity index (χ1) is 13.6. The number of benzene rings is 2. The Labute approximate surface area is 169 Å². The van der Waals surface area contributed by atoms with Crippen LogP contribution in [0.25, 0.3) is 0 Å². The Balaban J connectivity index is 2.44. The maximum absolute atomic E-state index is 13.0. The van der Waals surface area contributed by atoms with Crippen molar-refractivity contribution < 1.29 is 22.9 Å². The van der Waals surface area contributed by atoms with Crippen LogP contribution in [0.2, 0.25) is 0 Å². The Morgan fingerprint density at radius 2 is 1.86 bits per heavy atom. The summed E-state index contributed by atoms with van der Waals surface area (Å²) in [5, 5.41) is 13.6. The second-order valence-corrected chi connectivity index (χ2v) is 8.31. The van der Waals surface area contributed by atoms with Crippen LogP contribution in [0, 0.1) is 17.0 Å². The number of carbonyl (C=O) groups excluding carboxylic acids is 1. The summed E-state index contributed by atoms with van der Waals surface area (Å²) in [5.74, 6) is -0.405. The minimum Gasteiger partial charge on any atom is -0.495 e. The van der Waals surface area contributed by atoms with Gasteiger partial charge in [0, 0.05) is 12.1 Å². The number of aryl methyl sites for hydroxylation is 1. The maximum Gasteiger partial charge on any atom is 0.271 e. The lowest BCUT2D eigenvalue weighted by Crippen LogP contribution is -2.47. The van der Waals surface area contributed by atoms with Crippen molar-refractivity contribution in [3.8, 4) is 5.75 Å². The van der Waals surface area contributed by atoms with E-state index in [0.717, 1.165) is 16.1 Å². The molecule has 0 saturated heterocycles. The molecule has 0 spiro atoms. The number of nitrogens with one attached hydrogen (secondary N) is 1. The first-order valence-corrected chi connectivity index (χ1v) is 10.6. The van der Waals surface area contributed by atoms with Gasteiger partial charge in [0.05, 0.1) is 29.7 Å². The zero-order valence-electron chi connectivity index (χ0n) is 16.6. The molecule has 0 fully saturated rings. The summed E-state index contributed by atoms with van der Waals surface area (Å²) in [4.78, 5) is 23.4. The first-order valence-electron chi connectivity index (χ1n) is 8.77. The van der Waals surface area contributed by atoms with E-state index in [4.69, 9.17) is 4.74 Å². The number of ether oxygens (including phenoxy) is 1. The van der Waals surface area contributed by atoms with Gasteiger partial charge in [-0.05, 0) is 31.5 Å². The van der Waals surface area contributed by atoms with E-state index in [2.05, 4.69) is 5.32 Å². The summed E-state index contributed by atoms with van der Waals surface area (Å²) in [7, 11) is -2.42. The van der Waals surface area contributed by atoms with E-state index < -0.39 is 26.9 Å². The third kappa shape index (κ3) is 5.23. The van der Waals surface area contributed by atoms with Crippen LogP contribution in [0.4, 0.5) is 17.1 Å². The molecule has 0 radical (unpaired) electrons. The quantitative estimate of drug-likeness (QED) is 0.517. The van der Waals surface area contributed by atoms with Crippen molar-refractivity contribution in [2.45, 2.75) is 26.3 Å². The molecule has 0 aliphatic carbocycles.